The van der Waals surface area contributed by atoms with Crippen LogP contribution in [0, 0.1) is 11.8 Å². The second-order valence-corrected chi connectivity index (χ2v) is 4.57. The number of aliphatic carboxylic acids is 1. The molecule has 1 aromatic carbocycles. The van der Waals surface area contributed by atoms with Gasteiger partial charge in [0.2, 0.25) is 0 Å². The first kappa shape index (κ1) is 12.1. The largest absolute Gasteiger partial charge is 0.481 e. The molecule has 1 saturated heterocycles. The fourth-order valence-corrected chi connectivity index (χ4v) is 2.26. The van der Waals surface area contributed by atoms with Crippen molar-refractivity contribution in [3.8, 4) is 0 Å². The van der Waals surface area contributed by atoms with Crippen molar-refractivity contribution in [1.29, 1.82) is 0 Å². The first-order valence-corrected chi connectivity index (χ1v) is 5.80. The van der Waals surface area contributed by atoms with Crippen LogP contribution < -0.4 is 0 Å². The first-order chi connectivity index (χ1) is 8.20. The number of benzene rings is 1. The van der Waals surface area contributed by atoms with Gasteiger partial charge in [0.05, 0.1) is 12.5 Å². The number of aliphatic hydroxyl groups is 1. The van der Waals surface area contributed by atoms with E-state index >= 15 is 0 Å². The summed E-state index contributed by atoms with van der Waals surface area (Å²) in [5.74, 6) is -1.42. The van der Waals surface area contributed by atoms with Gasteiger partial charge < -0.3 is 10.2 Å². The molecular formula is C13H17NO3. The summed E-state index contributed by atoms with van der Waals surface area (Å²) in [4.78, 5) is 13.1. The molecule has 0 radical (unpaired) electrons. The number of aliphatic hydroxyl groups excluding tert-OH is 1. The number of carboxylic acids is 1. The van der Waals surface area contributed by atoms with Gasteiger partial charge >= 0.3 is 5.97 Å². The number of rotatable bonds is 5. The summed E-state index contributed by atoms with van der Waals surface area (Å²) < 4.78 is 0. The van der Waals surface area contributed by atoms with Gasteiger partial charge in [-0.1, -0.05) is 30.3 Å². The summed E-state index contributed by atoms with van der Waals surface area (Å²) in [5.41, 5.74) is 1.24. The van der Waals surface area contributed by atoms with Gasteiger partial charge in [0.1, 0.15) is 0 Å². The van der Waals surface area contributed by atoms with E-state index in [4.69, 9.17) is 10.2 Å². The summed E-state index contributed by atoms with van der Waals surface area (Å²) in [5, 5.41) is 17.9. The summed E-state index contributed by atoms with van der Waals surface area (Å²) in [6, 6.07) is 10.1. The zero-order chi connectivity index (χ0) is 12.3. The lowest BCUT2D eigenvalue weighted by atomic mass is 9.86. The lowest BCUT2D eigenvalue weighted by molar-refractivity contribution is -0.148. The van der Waals surface area contributed by atoms with Gasteiger partial charge in [-0.25, -0.2) is 0 Å². The van der Waals surface area contributed by atoms with Gasteiger partial charge in [-0.05, 0) is 11.5 Å². The van der Waals surface area contributed by atoms with Crippen molar-refractivity contribution in [1.82, 2.24) is 4.90 Å². The first-order valence-electron chi connectivity index (χ1n) is 5.80. The van der Waals surface area contributed by atoms with Crippen molar-refractivity contribution in [3.05, 3.63) is 35.9 Å². The molecule has 17 heavy (non-hydrogen) atoms. The van der Waals surface area contributed by atoms with Gasteiger partial charge in [0.15, 0.2) is 0 Å². The Morgan fingerprint density at radius 2 is 2.00 bits per heavy atom. The molecule has 0 bridgehead atoms. The molecule has 92 valence electrons. The van der Waals surface area contributed by atoms with E-state index in [1.807, 2.05) is 18.2 Å². The molecule has 1 aromatic rings. The third-order valence-electron chi connectivity index (χ3n) is 3.32. The van der Waals surface area contributed by atoms with E-state index < -0.39 is 11.9 Å². The van der Waals surface area contributed by atoms with E-state index in [2.05, 4.69) is 17.0 Å². The summed E-state index contributed by atoms with van der Waals surface area (Å²) in [6.07, 6.45) is 0. The molecule has 1 fully saturated rings. The standard InChI is InChI=1S/C13H17NO3/c15-9-12(13(16)17)11-7-14(8-11)6-10-4-2-1-3-5-10/h1-5,11-12,15H,6-9H2,(H,16,17). The highest BCUT2D eigenvalue weighted by molar-refractivity contribution is 5.70. The third kappa shape index (κ3) is 2.84. The Morgan fingerprint density at radius 1 is 1.35 bits per heavy atom. The minimum Gasteiger partial charge on any atom is -0.481 e. The van der Waals surface area contributed by atoms with Crippen LogP contribution in [-0.4, -0.2) is 40.8 Å². The lowest BCUT2D eigenvalue weighted by Gasteiger charge is -2.41. The Kier molecular flexibility index (Phi) is 3.76. The normalized spacial score (nSPS) is 18.6. The van der Waals surface area contributed by atoms with Gasteiger partial charge in [0, 0.05) is 19.6 Å². The Bertz CT molecular complexity index is 374. The van der Waals surface area contributed by atoms with Crippen LogP contribution in [0.2, 0.25) is 0 Å². The van der Waals surface area contributed by atoms with Crippen LogP contribution in [0.15, 0.2) is 30.3 Å². The maximum atomic E-state index is 10.9. The van der Waals surface area contributed by atoms with Crippen molar-refractivity contribution in [2.75, 3.05) is 19.7 Å². The number of hydrogen-bond donors (Lipinski definition) is 2. The van der Waals surface area contributed by atoms with Crippen LogP contribution >= 0.6 is 0 Å². The van der Waals surface area contributed by atoms with Crippen LogP contribution in [0.1, 0.15) is 5.56 Å². The molecular weight excluding hydrogens is 218 g/mol. The molecule has 0 aromatic heterocycles. The van der Waals surface area contributed by atoms with Crippen LogP contribution in [0.25, 0.3) is 0 Å². The van der Waals surface area contributed by atoms with E-state index in [1.165, 1.54) is 5.56 Å². The maximum absolute atomic E-state index is 10.9. The van der Waals surface area contributed by atoms with Crippen LogP contribution in [0.3, 0.4) is 0 Å². The Hall–Kier alpha value is -1.39. The molecule has 2 rings (SSSR count). The number of likely N-dealkylation sites (tertiary alicyclic amines) is 1. The molecule has 2 N–H and O–H groups in total. The van der Waals surface area contributed by atoms with Gasteiger partial charge in [-0.3, -0.25) is 9.69 Å². The van der Waals surface area contributed by atoms with Gasteiger partial charge in [-0.2, -0.15) is 0 Å². The smallest absolute Gasteiger partial charge is 0.309 e. The van der Waals surface area contributed by atoms with Crippen LogP contribution in [-0.2, 0) is 11.3 Å². The minimum absolute atomic E-state index is 0.0845. The van der Waals surface area contributed by atoms with E-state index in [-0.39, 0.29) is 12.5 Å². The fourth-order valence-electron chi connectivity index (χ4n) is 2.26. The highest BCUT2D eigenvalue weighted by Gasteiger charge is 2.36. The number of hydrogen-bond acceptors (Lipinski definition) is 3. The lowest BCUT2D eigenvalue weighted by Crippen LogP contribution is -2.51. The SMILES string of the molecule is O=C(O)C(CO)C1CN(Cc2ccccc2)C1. The molecule has 1 unspecified atom stereocenters. The Morgan fingerprint density at radius 3 is 2.53 bits per heavy atom. The third-order valence-corrected chi connectivity index (χ3v) is 3.32. The summed E-state index contributed by atoms with van der Waals surface area (Å²) in [6.45, 7) is 2.10. The highest BCUT2D eigenvalue weighted by atomic mass is 16.4. The molecule has 1 atom stereocenters. The number of nitrogens with zero attached hydrogens (tertiary/aromatic N) is 1. The Balaban J connectivity index is 1.81. The molecule has 1 aliphatic heterocycles. The Labute approximate surface area is 100 Å². The van der Waals surface area contributed by atoms with Crippen molar-refractivity contribution < 1.29 is 15.0 Å². The van der Waals surface area contributed by atoms with E-state index in [0.717, 1.165) is 19.6 Å². The van der Waals surface area contributed by atoms with Gasteiger partial charge in [-0.15, -0.1) is 0 Å². The second kappa shape index (κ2) is 5.29. The molecule has 4 nitrogen and oxygen atoms in total. The van der Waals surface area contributed by atoms with Crippen LogP contribution in [0.4, 0.5) is 0 Å². The average Bonchev–Trinajstić information content (AvgIpc) is 2.27. The predicted octanol–water partition coefficient (Wildman–Crippen LogP) is 0.811. The molecule has 1 heterocycles. The predicted molar refractivity (Wildman–Crippen MR) is 63.4 cm³/mol. The zero-order valence-corrected chi connectivity index (χ0v) is 9.62. The maximum Gasteiger partial charge on any atom is 0.309 e. The molecule has 0 spiro atoms. The van der Waals surface area contributed by atoms with Crippen molar-refractivity contribution in [2.45, 2.75) is 6.54 Å². The summed E-state index contributed by atoms with van der Waals surface area (Å²) >= 11 is 0. The van der Waals surface area contributed by atoms with Crippen molar-refractivity contribution >= 4 is 5.97 Å². The van der Waals surface area contributed by atoms with Crippen LogP contribution in [0.5, 0.6) is 0 Å². The minimum atomic E-state index is -0.892. The number of carboxylic acid groups (broad SMARTS) is 1. The van der Waals surface area contributed by atoms with E-state index in [0.29, 0.717) is 0 Å². The quantitative estimate of drug-likeness (QED) is 0.793. The van der Waals surface area contributed by atoms with Crippen molar-refractivity contribution in [3.63, 3.8) is 0 Å². The highest BCUT2D eigenvalue weighted by Crippen LogP contribution is 2.25. The van der Waals surface area contributed by atoms with Crippen molar-refractivity contribution in [2.24, 2.45) is 11.8 Å². The van der Waals surface area contributed by atoms with E-state index in [1.54, 1.807) is 0 Å². The fraction of sp³-hybridized carbons (Fsp3) is 0.462. The number of carbonyl (C=O) groups is 1. The topological polar surface area (TPSA) is 60.8 Å². The molecule has 1 aliphatic rings. The summed E-state index contributed by atoms with van der Waals surface area (Å²) in [7, 11) is 0. The average molecular weight is 235 g/mol. The van der Waals surface area contributed by atoms with E-state index in [9.17, 15) is 4.79 Å². The molecule has 0 amide bonds. The zero-order valence-electron chi connectivity index (χ0n) is 9.62. The second-order valence-electron chi connectivity index (χ2n) is 4.57. The van der Waals surface area contributed by atoms with Gasteiger partial charge in [0.25, 0.3) is 0 Å². The molecule has 4 heteroatoms. The molecule has 0 aliphatic carbocycles. The monoisotopic (exact) mass is 235 g/mol. The molecule has 0 saturated carbocycles.